The standard InChI is InChI=1S/C5H8FO2/c6-5-4(7)2-1-3-8-5/h2,4-5,7H,1,3H2. The molecule has 1 fully saturated rings. The third-order valence-electron chi connectivity index (χ3n) is 1.07. The van der Waals surface area contributed by atoms with E-state index in [1.165, 1.54) is 6.42 Å². The van der Waals surface area contributed by atoms with Gasteiger partial charge in [-0.15, -0.1) is 0 Å². The van der Waals surface area contributed by atoms with Gasteiger partial charge in [0.1, 0.15) is 6.10 Å². The van der Waals surface area contributed by atoms with Gasteiger partial charge in [0.05, 0.1) is 6.61 Å². The van der Waals surface area contributed by atoms with Gasteiger partial charge in [-0.05, 0) is 12.8 Å². The molecule has 1 saturated heterocycles. The monoisotopic (exact) mass is 119 g/mol. The van der Waals surface area contributed by atoms with Gasteiger partial charge < -0.3 is 9.84 Å². The van der Waals surface area contributed by atoms with Crippen LogP contribution in [-0.4, -0.2) is 24.2 Å². The average Bonchev–Trinajstić information content (AvgIpc) is 1.77. The van der Waals surface area contributed by atoms with E-state index in [0.29, 0.717) is 13.0 Å². The Bertz CT molecular complexity index is 66.8. The third kappa shape index (κ3) is 1.17. The van der Waals surface area contributed by atoms with Gasteiger partial charge in [0.2, 0.25) is 6.36 Å². The van der Waals surface area contributed by atoms with Gasteiger partial charge >= 0.3 is 0 Å². The summed E-state index contributed by atoms with van der Waals surface area (Å²) in [5.41, 5.74) is 0. The number of alkyl halides is 1. The zero-order valence-electron chi connectivity index (χ0n) is 4.38. The van der Waals surface area contributed by atoms with E-state index in [4.69, 9.17) is 5.11 Å². The van der Waals surface area contributed by atoms with Gasteiger partial charge in [-0.1, -0.05) is 0 Å². The Labute approximate surface area is 47.3 Å². The van der Waals surface area contributed by atoms with E-state index in [-0.39, 0.29) is 0 Å². The van der Waals surface area contributed by atoms with Gasteiger partial charge in [-0.25, -0.2) is 4.39 Å². The highest BCUT2D eigenvalue weighted by Crippen LogP contribution is 2.12. The third-order valence-corrected chi connectivity index (χ3v) is 1.07. The van der Waals surface area contributed by atoms with E-state index in [0.717, 1.165) is 0 Å². The summed E-state index contributed by atoms with van der Waals surface area (Å²) in [6.07, 6.45) is -0.358. The number of aliphatic hydroxyl groups excluding tert-OH is 1. The highest BCUT2D eigenvalue weighted by molar-refractivity contribution is 4.81. The predicted octanol–water partition coefficient (Wildman–Crippen LogP) is 0.267. The Kier molecular flexibility index (Phi) is 1.81. The number of hydrogen-bond donors (Lipinski definition) is 1. The van der Waals surface area contributed by atoms with Crippen LogP contribution in [0.5, 0.6) is 0 Å². The number of hydrogen-bond acceptors (Lipinski definition) is 2. The molecular formula is C5H8FO2. The lowest BCUT2D eigenvalue weighted by atomic mass is 10.2. The maximum absolute atomic E-state index is 12.1. The van der Waals surface area contributed by atoms with Gasteiger partial charge in [0.25, 0.3) is 0 Å². The fraction of sp³-hybridized carbons (Fsp3) is 0.800. The Morgan fingerprint density at radius 2 is 2.50 bits per heavy atom. The lowest BCUT2D eigenvalue weighted by Gasteiger charge is -2.20. The first-order valence-corrected chi connectivity index (χ1v) is 2.58. The summed E-state index contributed by atoms with van der Waals surface area (Å²) in [6.45, 7) is 0.387. The number of rotatable bonds is 0. The van der Waals surface area contributed by atoms with Crippen LogP contribution in [0.25, 0.3) is 0 Å². The van der Waals surface area contributed by atoms with Crippen LogP contribution < -0.4 is 0 Å². The molecule has 1 heterocycles. The quantitative estimate of drug-likeness (QED) is 0.496. The minimum atomic E-state index is -1.50. The highest BCUT2D eigenvalue weighted by Gasteiger charge is 2.22. The summed E-state index contributed by atoms with van der Waals surface area (Å²) < 4.78 is 16.5. The Morgan fingerprint density at radius 3 is 2.88 bits per heavy atom. The normalized spacial score (nSPS) is 39.8. The van der Waals surface area contributed by atoms with Crippen molar-refractivity contribution < 1.29 is 14.2 Å². The summed E-state index contributed by atoms with van der Waals surface area (Å²) in [7, 11) is 0. The van der Waals surface area contributed by atoms with Crippen LogP contribution in [0.4, 0.5) is 4.39 Å². The summed E-state index contributed by atoms with van der Waals surface area (Å²) >= 11 is 0. The van der Waals surface area contributed by atoms with Crippen molar-refractivity contribution in [3.05, 3.63) is 6.42 Å². The SMILES string of the molecule is OC1[CH]CCOC1F. The molecule has 2 unspecified atom stereocenters. The minimum absolute atomic E-state index is 0.387. The molecule has 0 amide bonds. The second-order valence-electron chi connectivity index (χ2n) is 1.74. The molecule has 1 radical (unpaired) electrons. The zero-order chi connectivity index (χ0) is 5.98. The molecule has 8 heavy (non-hydrogen) atoms. The lowest BCUT2D eigenvalue weighted by molar-refractivity contribution is -0.120. The first-order valence-electron chi connectivity index (χ1n) is 2.58. The zero-order valence-corrected chi connectivity index (χ0v) is 4.38. The van der Waals surface area contributed by atoms with Crippen LogP contribution in [0.3, 0.4) is 0 Å². The molecular weight excluding hydrogens is 111 g/mol. The van der Waals surface area contributed by atoms with E-state index in [1.807, 2.05) is 0 Å². The Balaban J connectivity index is 2.28. The smallest absolute Gasteiger partial charge is 0.225 e. The second-order valence-corrected chi connectivity index (χ2v) is 1.74. The van der Waals surface area contributed by atoms with E-state index in [2.05, 4.69) is 4.74 Å². The molecule has 0 saturated carbocycles. The van der Waals surface area contributed by atoms with Gasteiger partial charge in [-0.3, -0.25) is 0 Å². The van der Waals surface area contributed by atoms with Crippen LogP contribution in [0.2, 0.25) is 0 Å². The molecule has 0 aromatic heterocycles. The molecule has 0 bridgehead atoms. The van der Waals surface area contributed by atoms with Crippen molar-refractivity contribution >= 4 is 0 Å². The fourth-order valence-electron chi connectivity index (χ4n) is 0.625. The summed E-state index contributed by atoms with van der Waals surface area (Å²) in [6, 6.07) is 0. The largest absolute Gasteiger partial charge is 0.387 e. The lowest BCUT2D eigenvalue weighted by Crippen LogP contribution is -2.30. The summed E-state index contributed by atoms with van der Waals surface area (Å²) in [5.74, 6) is 0. The van der Waals surface area contributed by atoms with Crippen LogP contribution in [-0.2, 0) is 4.74 Å². The molecule has 47 valence electrons. The molecule has 0 aliphatic carbocycles. The number of ether oxygens (including phenoxy) is 1. The van der Waals surface area contributed by atoms with Crippen molar-refractivity contribution in [3.63, 3.8) is 0 Å². The first kappa shape index (κ1) is 5.98. The fourth-order valence-corrected chi connectivity index (χ4v) is 0.625. The van der Waals surface area contributed by atoms with E-state index >= 15 is 0 Å². The Hall–Kier alpha value is -0.150. The molecule has 0 aromatic carbocycles. The summed E-state index contributed by atoms with van der Waals surface area (Å²) in [5, 5.41) is 8.62. The minimum Gasteiger partial charge on any atom is -0.387 e. The molecule has 0 spiro atoms. The molecule has 1 N–H and O–H groups in total. The maximum atomic E-state index is 12.1. The van der Waals surface area contributed by atoms with E-state index in [1.54, 1.807) is 0 Å². The van der Waals surface area contributed by atoms with Crippen molar-refractivity contribution in [2.75, 3.05) is 6.61 Å². The first-order chi connectivity index (χ1) is 3.80. The second kappa shape index (κ2) is 2.42. The van der Waals surface area contributed by atoms with E-state index < -0.39 is 12.5 Å². The maximum Gasteiger partial charge on any atom is 0.225 e. The average molecular weight is 119 g/mol. The van der Waals surface area contributed by atoms with Gasteiger partial charge in [0.15, 0.2) is 0 Å². The molecule has 2 atom stereocenters. The number of halogens is 1. The van der Waals surface area contributed by atoms with Gasteiger partial charge in [-0.2, -0.15) is 0 Å². The molecule has 0 aromatic rings. The highest BCUT2D eigenvalue weighted by atomic mass is 19.1. The Morgan fingerprint density at radius 1 is 1.75 bits per heavy atom. The van der Waals surface area contributed by atoms with Crippen molar-refractivity contribution in [1.29, 1.82) is 0 Å². The molecule has 3 heteroatoms. The molecule has 1 aliphatic heterocycles. The van der Waals surface area contributed by atoms with Crippen LogP contribution >= 0.6 is 0 Å². The topological polar surface area (TPSA) is 29.5 Å². The van der Waals surface area contributed by atoms with Crippen molar-refractivity contribution in [1.82, 2.24) is 0 Å². The van der Waals surface area contributed by atoms with Crippen LogP contribution in [0.1, 0.15) is 6.42 Å². The molecule has 2 nitrogen and oxygen atoms in total. The van der Waals surface area contributed by atoms with Crippen LogP contribution in [0.15, 0.2) is 0 Å². The van der Waals surface area contributed by atoms with Crippen molar-refractivity contribution in [2.45, 2.75) is 18.9 Å². The van der Waals surface area contributed by atoms with E-state index in [9.17, 15) is 4.39 Å². The van der Waals surface area contributed by atoms with Gasteiger partial charge in [0, 0.05) is 0 Å². The summed E-state index contributed by atoms with van der Waals surface area (Å²) in [4.78, 5) is 0. The number of aliphatic hydroxyl groups is 1. The van der Waals surface area contributed by atoms with Crippen molar-refractivity contribution in [3.8, 4) is 0 Å². The molecule has 1 rings (SSSR count). The molecule has 1 aliphatic rings. The predicted molar refractivity (Wildman–Crippen MR) is 25.8 cm³/mol. The van der Waals surface area contributed by atoms with Crippen LogP contribution in [0, 0.1) is 6.42 Å². The van der Waals surface area contributed by atoms with Crippen molar-refractivity contribution in [2.24, 2.45) is 0 Å².